The number of piperazine rings is 1. The number of benzene rings is 1. The molecule has 1 saturated carbocycles. The van der Waals surface area contributed by atoms with Crippen molar-refractivity contribution in [3.63, 3.8) is 0 Å². The van der Waals surface area contributed by atoms with Crippen molar-refractivity contribution in [2.24, 2.45) is 11.3 Å². The van der Waals surface area contributed by atoms with E-state index in [0.29, 0.717) is 39.0 Å². The van der Waals surface area contributed by atoms with Crippen LogP contribution in [0.2, 0.25) is 0 Å². The lowest BCUT2D eigenvalue weighted by molar-refractivity contribution is -0.176. The van der Waals surface area contributed by atoms with Gasteiger partial charge in [0, 0.05) is 31.9 Å². The van der Waals surface area contributed by atoms with Gasteiger partial charge < -0.3 is 19.4 Å². The third-order valence-corrected chi connectivity index (χ3v) is 6.52. The van der Waals surface area contributed by atoms with Crippen molar-refractivity contribution < 1.29 is 24.0 Å². The number of fused-ring (bicyclic) bond motifs is 1. The van der Waals surface area contributed by atoms with Gasteiger partial charge in [-0.1, -0.05) is 12.8 Å². The first-order valence-corrected chi connectivity index (χ1v) is 10.2. The van der Waals surface area contributed by atoms with Gasteiger partial charge in [0.25, 0.3) is 11.8 Å². The van der Waals surface area contributed by atoms with E-state index in [1.165, 1.54) is 0 Å². The Labute approximate surface area is 170 Å². The van der Waals surface area contributed by atoms with Gasteiger partial charge in [0.1, 0.15) is 5.75 Å². The third kappa shape index (κ3) is 3.41. The highest BCUT2D eigenvalue weighted by molar-refractivity contribution is 6.06. The van der Waals surface area contributed by atoms with Crippen molar-refractivity contribution >= 4 is 23.6 Å². The summed E-state index contributed by atoms with van der Waals surface area (Å²) in [5.41, 5.74) is 0.323. The molecule has 8 nitrogen and oxygen atoms in total. The summed E-state index contributed by atoms with van der Waals surface area (Å²) in [6.45, 7) is 4.02. The Kier molecular flexibility index (Phi) is 5.10. The summed E-state index contributed by atoms with van der Waals surface area (Å²) in [5.74, 6) is -0.325. The van der Waals surface area contributed by atoms with Crippen LogP contribution >= 0.6 is 0 Å². The van der Waals surface area contributed by atoms with Crippen LogP contribution in [0.1, 0.15) is 32.6 Å². The molecule has 2 heterocycles. The zero-order valence-electron chi connectivity index (χ0n) is 16.9. The van der Waals surface area contributed by atoms with E-state index in [0.717, 1.165) is 29.3 Å². The second-order valence-electron chi connectivity index (χ2n) is 8.18. The second-order valence-corrected chi connectivity index (χ2v) is 8.18. The minimum absolute atomic E-state index is 0.372. The van der Waals surface area contributed by atoms with E-state index in [1.54, 1.807) is 12.0 Å². The molecule has 0 radical (unpaired) electrons. The molecular weight excluding hydrogens is 374 g/mol. The molecule has 0 spiro atoms. The van der Waals surface area contributed by atoms with Gasteiger partial charge in [-0.05, 0) is 44.0 Å². The molecule has 2 unspecified atom stereocenters. The molecule has 0 N–H and O–H groups in total. The minimum atomic E-state index is -0.733. The fourth-order valence-electron chi connectivity index (χ4n) is 4.62. The number of hydrogen-bond acceptors (Lipinski definition) is 6. The van der Waals surface area contributed by atoms with Crippen LogP contribution in [-0.4, -0.2) is 61.2 Å². The molecule has 8 heteroatoms. The van der Waals surface area contributed by atoms with Crippen molar-refractivity contribution in [3.05, 3.63) is 24.3 Å². The minimum Gasteiger partial charge on any atom is -0.497 e. The van der Waals surface area contributed by atoms with E-state index in [2.05, 4.69) is 4.90 Å². The second kappa shape index (κ2) is 7.57. The normalized spacial score (nSPS) is 27.1. The zero-order chi connectivity index (χ0) is 20.6. The van der Waals surface area contributed by atoms with Gasteiger partial charge in [0.2, 0.25) is 0 Å². The first kappa shape index (κ1) is 19.5. The van der Waals surface area contributed by atoms with E-state index < -0.39 is 11.5 Å². The van der Waals surface area contributed by atoms with E-state index >= 15 is 0 Å². The van der Waals surface area contributed by atoms with Crippen molar-refractivity contribution in [3.8, 4) is 5.75 Å². The molecule has 1 aliphatic carbocycles. The number of ether oxygens (including phenoxy) is 1. The van der Waals surface area contributed by atoms with Gasteiger partial charge >= 0.3 is 6.09 Å². The van der Waals surface area contributed by atoms with Gasteiger partial charge in [-0.15, -0.1) is 5.06 Å². The number of hydroxylamine groups is 2. The lowest BCUT2D eigenvalue weighted by Gasteiger charge is -2.35. The Morgan fingerprint density at radius 1 is 1.07 bits per heavy atom. The Morgan fingerprint density at radius 3 is 2.38 bits per heavy atom. The van der Waals surface area contributed by atoms with Crippen LogP contribution in [0.25, 0.3) is 0 Å². The molecule has 2 atom stereocenters. The fraction of sp³-hybridized carbons (Fsp3) is 0.571. The van der Waals surface area contributed by atoms with Crippen LogP contribution in [0.4, 0.5) is 10.5 Å². The van der Waals surface area contributed by atoms with Crippen LogP contribution in [0, 0.1) is 11.3 Å². The number of imide groups is 1. The summed E-state index contributed by atoms with van der Waals surface area (Å²) < 4.78 is 5.18. The number of carbonyl (C=O) groups is 3. The van der Waals surface area contributed by atoms with E-state index in [4.69, 9.17) is 9.57 Å². The number of methoxy groups -OCH3 is 1. The Bertz CT molecular complexity index is 803. The summed E-state index contributed by atoms with van der Waals surface area (Å²) in [6, 6.07) is 7.77. The van der Waals surface area contributed by atoms with Gasteiger partial charge in [-0.3, -0.25) is 9.59 Å². The smallest absolute Gasteiger partial charge is 0.434 e. The summed E-state index contributed by atoms with van der Waals surface area (Å²) in [4.78, 5) is 47.0. The number of rotatable bonds is 3. The van der Waals surface area contributed by atoms with Crippen LogP contribution in [-0.2, 0) is 14.4 Å². The maximum atomic E-state index is 12.8. The summed E-state index contributed by atoms with van der Waals surface area (Å²) >= 11 is 0. The van der Waals surface area contributed by atoms with E-state index in [1.807, 2.05) is 31.2 Å². The van der Waals surface area contributed by atoms with Crippen molar-refractivity contribution in [2.75, 3.05) is 38.2 Å². The molecule has 3 aliphatic rings. The van der Waals surface area contributed by atoms with Crippen LogP contribution < -0.4 is 9.64 Å². The number of carbonyl (C=O) groups excluding carboxylic acids is 3. The number of anilines is 1. The topological polar surface area (TPSA) is 79.4 Å². The van der Waals surface area contributed by atoms with E-state index in [-0.39, 0.29) is 17.7 Å². The fourth-order valence-corrected chi connectivity index (χ4v) is 4.62. The van der Waals surface area contributed by atoms with Gasteiger partial charge in [-0.2, -0.15) is 0 Å². The third-order valence-electron chi connectivity index (χ3n) is 6.52. The highest BCUT2D eigenvalue weighted by Crippen LogP contribution is 2.48. The number of hydrogen-bond donors (Lipinski definition) is 0. The highest BCUT2D eigenvalue weighted by atomic mass is 16.7. The van der Waals surface area contributed by atoms with Gasteiger partial charge in [-0.25, -0.2) is 4.79 Å². The molecule has 156 valence electrons. The molecule has 3 amide bonds. The first-order valence-electron chi connectivity index (χ1n) is 10.2. The molecule has 3 fully saturated rings. The molecule has 0 aromatic heterocycles. The molecule has 4 rings (SSSR count). The summed E-state index contributed by atoms with van der Waals surface area (Å²) in [6.07, 6.45) is 2.55. The van der Waals surface area contributed by atoms with Gasteiger partial charge in [0.05, 0.1) is 18.4 Å². The Hall–Kier alpha value is -2.77. The summed E-state index contributed by atoms with van der Waals surface area (Å²) in [5, 5.41) is 0.730. The van der Waals surface area contributed by atoms with Gasteiger partial charge in [0.15, 0.2) is 0 Å². The van der Waals surface area contributed by atoms with Crippen molar-refractivity contribution in [1.82, 2.24) is 9.96 Å². The molecular formula is C21H27N3O5. The molecule has 1 aromatic carbocycles. The van der Waals surface area contributed by atoms with Crippen LogP contribution in [0.5, 0.6) is 5.75 Å². The largest absolute Gasteiger partial charge is 0.497 e. The monoisotopic (exact) mass is 401 g/mol. The molecule has 0 bridgehead atoms. The maximum absolute atomic E-state index is 12.8. The average molecular weight is 401 g/mol. The Morgan fingerprint density at radius 2 is 1.76 bits per heavy atom. The number of amides is 3. The SMILES string of the molecule is COc1ccc(N2CCN(C(=O)ON3C(=O)C4CCCCC4(C)C3=O)CC2)cc1. The molecule has 1 aromatic rings. The van der Waals surface area contributed by atoms with E-state index in [9.17, 15) is 14.4 Å². The number of nitrogens with zero attached hydrogens (tertiary/aromatic N) is 3. The molecule has 29 heavy (non-hydrogen) atoms. The van der Waals surface area contributed by atoms with Crippen LogP contribution in [0.15, 0.2) is 24.3 Å². The first-order chi connectivity index (χ1) is 13.9. The lowest BCUT2D eigenvalue weighted by Crippen LogP contribution is -2.50. The highest BCUT2D eigenvalue weighted by Gasteiger charge is 2.59. The van der Waals surface area contributed by atoms with Crippen molar-refractivity contribution in [1.29, 1.82) is 0 Å². The zero-order valence-corrected chi connectivity index (χ0v) is 16.9. The predicted octanol–water partition coefficient (Wildman–Crippen LogP) is 2.43. The quantitative estimate of drug-likeness (QED) is 0.724. The molecule has 2 saturated heterocycles. The van der Waals surface area contributed by atoms with Crippen molar-refractivity contribution in [2.45, 2.75) is 32.6 Å². The maximum Gasteiger partial charge on any atom is 0.434 e. The average Bonchev–Trinajstić information content (AvgIpc) is 2.94. The standard InChI is InChI=1S/C21H27N3O5/c1-21-10-4-3-5-17(21)18(25)24(19(21)26)29-20(27)23-13-11-22(12-14-23)15-6-8-16(28-2)9-7-15/h6-9,17H,3-5,10-14H2,1-2H3. The Balaban J connectivity index is 1.35. The molecule has 2 aliphatic heterocycles. The van der Waals surface area contributed by atoms with Crippen LogP contribution in [0.3, 0.4) is 0 Å². The summed E-state index contributed by atoms with van der Waals surface area (Å²) in [7, 11) is 1.63. The predicted molar refractivity (Wildman–Crippen MR) is 105 cm³/mol. The lowest BCUT2D eigenvalue weighted by atomic mass is 9.69.